The first-order chi connectivity index (χ1) is 16.5. The lowest BCUT2D eigenvalue weighted by Gasteiger charge is -2.36. The van der Waals surface area contributed by atoms with E-state index in [4.69, 9.17) is 21.4 Å². The lowest BCUT2D eigenvalue weighted by Crippen LogP contribution is -2.48. The van der Waals surface area contributed by atoms with E-state index >= 15 is 0 Å². The fourth-order valence-corrected chi connectivity index (χ4v) is 5.74. The molecule has 0 N–H and O–H groups in total. The van der Waals surface area contributed by atoms with Crippen LogP contribution in [-0.2, 0) is 6.54 Å². The molecule has 1 saturated heterocycles. The van der Waals surface area contributed by atoms with E-state index in [-0.39, 0.29) is 5.91 Å². The first-order valence-corrected chi connectivity index (χ1v) is 12.7. The maximum Gasteiger partial charge on any atom is 0.264 e. The van der Waals surface area contributed by atoms with Crippen LogP contribution >= 0.6 is 22.9 Å². The summed E-state index contributed by atoms with van der Waals surface area (Å²) >= 11 is 7.87. The van der Waals surface area contributed by atoms with Gasteiger partial charge >= 0.3 is 0 Å². The van der Waals surface area contributed by atoms with Crippen molar-refractivity contribution in [2.24, 2.45) is 0 Å². The summed E-state index contributed by atoms with van der Waals surface area (Å²) in [5, 5.41) is 6.45. The number of rotatable bonds is 6. The molecule has 2 aromatic carbocycles. The predicted octanol–water partition coefficient (Wildman–Crippen LogP) is 5.47. The Labute approximate surface area is 208 Å². The molecule has 0 spiro atoms. The molecule has 34 heavy (non-hydrogen) atoms. The van der Waals surface area contributed by atoms with Gasteiger partial charge in [-0.1, -0.05) is 41.9 Å². The van der Waals surface area contributed by atoms with Crippen LogP contribution in [0.5, 0.6) is 5.75 Å². The van der Waals surface area contributed by atoms with E-state index in [1.165, 1.54) is 11.3 Å². The van der Waals surface area contributed by atoms with Crippen LogP contribution in [-0.4, -0.2) is 53.4 Å². The minimum Gasteiger partial charge on any atom is -0.492 e. The number of anilines is 1. The van der Waals surface area contributed by atoms with Crippen molar-refractivity contribution in [2.45, 2.75) is 20.4 Å². The Morgan fingerprint density at radius 2 is 1.82 bits per heavy atom. The van der Waals surface area contributed by atoms with Gasteiger partial charge in [0.2, 0.25) is 0 Å². The number of benzene rings is 2. The van der Waals surface area contributed by atoms with Crippen LogP contribution in [0.25, 0.3) is 10.2 Å². The van der Waals surface area contributed by atoms with E-state index in [9.17, 15) is 4.79 Å². The van der Waals surface area contributed by atoms with E-state index in [0.29, 0.717) is 26.2 Å². The number of fused-ring (bicyclic) bond motifs is 1. The second-order valence-corrected chi connectivity index (χ2v) is 9.78. The van der Waals surface area contributed by atoms with E-state index in [1.807, 2.05) is 72.0 Å². The monoisotopic (exact) mass is 494 g/mol. The summed E-state index contributed by atoms with van der Waals surface area (Å²) < 4.78 is 7.75. The third-order valence-corrected chi connectivity index (χ3v) is 7.67. The fourth-order valence-electron chi connectivity index (χ4n) is 4.42. The van der Waals surface area contributed by atoms with Crippen LogP contribution in [0.1, 0.15) is 27.9 Å². The second kappa shape index (κ2) is 9.68. The summed E-state index contributed by atoms with van der Waals surface area (Å²) in [5.74, 6) is 0.982. The smallest absolute Gasteiger partial charge is 0.264 e. The minimum absolute atomic E-state index is 0.0858. The van der Waals surface area contributed by atoms with Crippen LogP contribution in [0.3, 0.4) is 0 Å². The highest BCUT2D eigenvalue weighted by Crippen LogP contribution is 2.32. The van der Waals surface area contributed by atoms with Crippen molar-refractivity contribution < 1.29 is 9.53 Å². The topological polar surface area (TPSA) is 50.6 Å². The third kappa shape index (κ3) is 4.38. The molecule has 1 amide bonds. The standard InChI is InChI=1S/C26H27ClN4O2S/c1-3-33-23-11-7-6-10-22(23)29-12-14-30(15-13-29)25(32)24-16-20-18(2)28-31(26(20)34-24)17-19-8-4-5-9-21(19)27/h4-11,16H,3,12-15,17H2,1-2H3. The zero-order chi connectivity index (χ0) is 23.7. The number of hydrogen-bond donors (Lipinski definition) is 0. The molecule has 0 bridgehead atoms. The highest BCUT2D eigenvalue weighted by atomic mass is 35.5. The zero-order valence-corrected chi connectivity index (χ0v) is 20.9. The van der Waals surface area contributed by atoms with Crippen molar-refractivity contribution in [3.05, 3.63) is 75.8 Å². The maximum absolute atomic E-state index is 13.4. The first kappa shape index (κ1) is 22.7. The number of nitrogens with zero attached hydrogens (tertiary/aromatic N) is 4. The Balaban J connectivity index is 1.31. The van der Waals surface area contributed by atoms with E-state index in [0.717, 1.165) is 55.9 Å². The molecule has 8 heteroatoms. The van der Waals surface area contributed by atoms with Gasteiger partial charge in [0.25, 0.3) is 5.91 Å². The van der Waals surface area contributed by atoms with Gasteiger partial charge in [-0.05, 0) is 43.7 Å². The molecule has 3 heterocycles. The molecule has 0 unspecified atom stereocenters. The molecular weight excluding hydrogens is 468 g/mol. The molecule has 0 radical (unpaired) electrons. The highest BCUT2D eigenvalue weighted by molar-refractivity contribution is 7.20. The molecule has 5 rings (SSSR count). The highest BCUT2D eigenvalue weighted by Gasteiger charge is 2.26. The Morgan fingerprint density at radius 3 is 2.59 bits per heavy atom. The molecule has 4 aromatic rings. The van der Waals surface area contributed by atoms with Crippen LogP contribution < -0.4 is 9.64 Å². The van der Waals surface area contributed by atoms with E-state index < -0.39 is 0 Å². The Hall–Kier alpha value is -3.03. The minimum atomic E-state index is 0.0858. The molecule has 2 aromatic heterocycles. The van der Waals surface area contributed by atoms with Gasteiger partial charge in [-0.2, -0.15) is 5.10 Å². The number of amides is 1. The second-order valence-electron chi connectivity index (χ2n) is 8.34. The van der Waals surface area contributed by atoms with Crippen LogP contribution in [0.2, 0.25) is 5.02 Å². The molecule has 6 nitrogen and oxygen atoms in total. The van der Waals surface area contributed by atoms with Gasteiger partial charge in [-0.25, -0.2) is 0 Å². The molecule has 0 aliphatic carbocycles. The number of ether oxygens (including phenoxy) is 1. The fraction of sp³-hybridized carbons (Fsp3) is 0.308. The maximum atomic E-state index is 13.4. The number of carbonyl (C=O) groups is 1. The first-order valence-electron chi connectivity index (χ1n) is 11.5. The normalized spacial score (nSPS) is 14.1. The van der Waals surface area contributed by atoms with Crippen LogP contribution in [0.15, 0.2) is 54.6 Å². The molecule has 1 fully saturated rings. The summed E-state index contributed by atoms with van der Waals surface area (Å²) in [6.45, 7) is 8.11. The third-order valence-electron chi connectivity index (χ3n) is 6.17. The van der Waals surface area contributed by atoms with E-state index in [1.54, 1.807) is 0 Å². The summed E-state index contributed by atoms with van der Waals surface area (Å²) in [6.07, 6.45) is 0. The summed E-state index contributed by atoms with van der Waals surface area (Å²) in [5.41, 5.74) is 3.03. The van der Waals surface area contributed by atoms with Gasteiger partial charge < -0.3 is 14.5 Å². The number of hydrogen-bond acceptors (Lipinski definition) is 5. The van der Waals surface area contributed by atoms with Gasteiger partial charge in [0.15, 0.2) is 0 Å². The lowest BCUT2D eigenvalue weighted by molar-refractivity contribution is 0.0751. The molecule has 1 aliphatic rings. The lowest BCUT2D eigenvalue weighted by atomic mass is 10.2. The van der Waals surface area contributed by atoms with E-state index in [2.05, 4.69) is 11.0 Å². The summed E-state index contributed by atoms with van der Waals surface area (Å²) in [6, 6.07) is 17.9. The predicted molar refractivity (Wildman–Crippen MR) is 139 cm³/mol. The Bertz CT molecular complexity index is 1320. The number of piperazine rings is 1. The largest absolute Gasteiger partial charge is 0.492 e. The molecular formula is C26H27ClN4O2S. The van der Waals surface area contributed by atoms with Crippen molar-refractivity contribution in [2.75, 3.05) is 37.7 Å². The number of aryl methyl sites for hydroxylation is 1. The van der Waals surface area contributed by atoms with Gasteiger partial charge in [-0.15, -0.1) is 11.3 Å². The van der Waals surface area contributed by atoms with Gasteiger partial charge in [0.1, 0.15) is 10.6 Å². The van der Waals surface area contributed by atoms with Gasteiger partial charge in [-0.3, -0.25) is 9.48 Å². The quantitative estimate of drug-likeness (QED) is 0.356. The zero-order valence-electron chi connectivity index (χ0n) is 19.3. The van der Waals surface area contributed by atoms with Crippen molar-refractivity contribution in [3.8, 4) is 5.75 Å². The number of thiophene rings is 1. The van der Waals surface area contributed by atoms with Crippen LogP contribution in [0.4, 0.5) is 5.69 Å². The number of carbonyl (C=O) groups excluding carboxylic acids is 1. The molecule has 0 saturated carbocycles. The molecule has 0 atom stereocenters. The summed E-state index contributed by atoms with van der Waals surface area (Å²) in [7, 11) is 0. The Morgan fingerprint density at radius 1 is 1.09 bits per heavy atom. The average molecular weight is 495 g/mol. The summed E-state index contributed by atoms with van der Waals surface area (Å²) in [4.78, 5) is 19.4. The van der Waals surface area contributed by atoms with Crippen molar-refractivity contribution in [1.82, 2.24) is 14.7 Å². The van der Waals surface area contributed by atoms with Crippen molar-refractivity contribution >= 4 is 44.7 Å². The van der Waals surface area contributed by atoms with Gasteiger partial charge in [0, 0.05) is 36.6 Å². The van der Waals surface area contributed by atoms with Crippen LogP contribution in [0, 0.1) is 6.92 Å². The molecule has 1 aliphatic heterocycles. The van der Waals surface area contributed by atoms with Gasteiger partial charge in [0.05, 0.1) is 29.4 Å². The molecule has 176 valence electrons. The van der Waals surface area contributed by atoms with Crippen molar-refractivity contribution in [1.29, 1.82) is 0 Å². The average Bonchev–Trinajstić information content (AvgIpc) is 3.42. The number of aromatic nitrogens is 2. The number of para-hydroxylation sites is 2. The SMILES string of the molecule is CCOc1ccccc1N1CCN(C(=O)c2cc3c(C)nn(Cc4ccccc4Cl)c3s2)CC1. The van der Waals surface area contributed by atoms with Crippen molar-refractivity contribution in [3.63, 3.8) is 0 Å². The number of halogens is 1. The Kier molecular flexibility index (Phi) is 6.48.